The van der Waals surface area contributed by atoms with E-state index in [0.717, 1.165) is 38.2 Å². The molecule has 1 N–H and O–H groups in total. The van der Waals surface area contributed by atoms with Crippen LogP contribution in [0.25, 0.3) is 0 Å². The zero-order valence-corrected chi connectivity index (χ0v) is 18.0. The van der Waals surface area contributed by atoms with Crippen LogP contribution < -0.4 is 10.1 Å². The van der Waals surface area contributed by atoms with Crippen LogP contribution in [0.1, 0.15) is 49.3 Å². The second kappa shape index (κ2) is 10.4. The number of rotatable bonds is 8. The topological polar surface area (TPSA) is 41.6 Å². The summed E-state index contributed by atoms with van der Waals surface area (Å²) in [5.41, 5.74) is 3.86. The molecule has 1 aliphatic rings. The normalized spacial score (nSPS) is 15.4. The fraction of sp³-hybridized carbons (Fsp3) is 0.480. The first-order valence-corrected chi connectivity index (χ1v) is 10.8. The average Bonchev–Trinajstić information content (AvgIpc) is 2.72. The summed E-state index contributed by atoms with van der Waals surface area (Å²) in [6, 6.07) is 16.8. The molecule has 1 amide bonds. The van der Waals surface area contributed by atoms with Crippen LogP contribution in [0.3, 0.4) is 0 Å². The molecule has 1 saturated heterocycles. The van der Waals surface area contributed by atoms with Gasteiger partial charge in [-0.3, -0.25) is 9.69 Å². The van der Waals surface area contributed by atoms with Gasteiger partial charge >= 0.3 is 0 Å². The second-order valence-electron chi connectivity index (χ2n) is 8.37. The van der Waals surface area contributed by atoms with E-state index in [2.05, 4.69) is 61.3 Å². The van der Waals surface area contributed by atoms with E-state index in [9.17, 15) is 4.79 Å². The Morgan fingerprint density at radius 2 is 1.90 bits per heavy atom. The van der Waals surface area contributed by atoms with Gasteiger partial charge in [-0.15, -0.1) is 0 Å². The summed E-state index contributed by atoms with van der Waals surface area (Å²) in [7, 11) is 0. The highest BCUT2D eigenvalue weighted by atomic mass is 16.5. The number of amides is 1. The van der Waals surface area contributed by atoms with Gasteiger partial charge < -0.3 is 10.1 Å². The van der Waals surface area contributed by atoms with Crippen molar-refractivity contribution in [3.8, 4) is 5.75 Å². The van der Waals surface area contributed by atoms with Crippen LogP contribution in [0.2, 0.25) is 0 Å². The summed E-state index contributed by atoms with van der Waals surface area (Å²) in [5.74, 6) is 1.62. The van der Waals surface area contributed by atoms with Crippen LogP contribution in [-0.4, -0.2) is 37.0 Å². The third-order valence-corrected chi connectivity index (χ3v) is 5.65. The lowest BCUT2D eigenvalue weighted by atomic mass is 9.95. The summed E-state index contributed by atoms with van der Waals surface area (Å²) < 4.78 is 5.91. The van der Waals surface area contributed by atoms with Gasteiger partial charge in [0.15, 0.2) is 0 Å². The molecule has 2 aromatic rings. The lowest BCUT2D eigenvalue weighted by Gasteiger charge is -2.31. The van der Waals surface area contributed by atoms with Crippen molar-refractivity contribution in [1.82, 2.24) is 10.2 Å². The number of para-hydroxylation sites is 1. The maximum absolute atomic E-state index is 12.5. The van der Waals surface area contributed by atoms with E-state index in [0.29, 0.717) is 19.1 Å². The summed E-state index contributed by atoms with van der Waals surface area (Å²) in [4.78, 5) is 15.0. The molecular formula is C25H34N2O2. The minimum Gasteiger partial charge on any atom is -0.491 e. The van der Waals surface area contributed by atoms with Crippen LogP contribution in [0.15, 0.2) is 48.5 Å². The lowest BCUT2D eigenvalue weighted by molar-refractivity contribution is -0.126. The van der Waals surface area contributed by atoms with Gasteiger partial charge in [-0.05, 0) is 56.0 Å². The van der Waals surface area contributed by atoms with E-state index < -0.39 is 0 Å². The molecule has 4 heteroatoms. The highest BCUT2D eigenvalue weighted by molar-refractivity contribution is 5.78. The molecule has 0 spiro atoms. The van der Waals surface area contributed by atoms with Gasteiger partial charge in [-0.2, -0.15) is 0 Å². The zero-order valence-electron chi connectivity index (χ0n) is 18.0. The molecule has 0 aromatic heterocycles. The molecule has 2 aromatic carbocycles. The molecule has 1 fully saturated rings. The highest BCUT2D eigenvalue weighted by Gasteiger charge is 2.24. The summed E-state index contributed by atoms with van der Waals surface area (Å²) in [6.45, 7) is 10.4. The maximum atomic E-state index is 12.5. The molecule has 0 saturated carbocycles. The number of carbonyl (C=O) groups excluding carboxylic acids is 1. The number of piperidine rings is 1. The Kier molecular flexibility index (Phi) is 7.70. The zero-order chi connectivity index (χ0) is 20.6. The van der Waals surface area contributed by atoms with E-state index in [4.69, 9.17) is 4.74 Å². The summed E-state index contributed by atoms with van der Waals surface area (Å²) in [6.07, 6.45) is 1.85. The fourth-order valence-corrected chi connectivity index (χ4v) is 3.99. The van der Waals surface area contributed by atoms with E-state index in [1.807, 2.05) is 18.2 Å². The minimum atomic E-state index is 0.117. The molecule has 1 heterocycles. The molecule has 0 atom stereocenters. The number of ether oxygens (including phenoxy) is 1. The van der Waals surface area contributed by atoms with Crippen molar-refractivity contribution in [2.45, 2.75) is 46.1 Å². The van der Waals surface area contributed by atoms with E-state index in [1.54, 1.807) is 0 Å². The first kappa shape index (κ1) is 21.4. The Hall–Kier alpha value is -2.33. The molecule has 0 bridgehead atoms. The van der Waals surface area contributed by atoms with Crippen LogP contribution in [0, 0.1) is 12.8 Å². The fourth-order valence-electron chi connectivity index (χ4n) is 3.99. The number of hydrogen-bond donors (Lipinski definition) is 1. The average molecular weight is 395 g/mol. The van der Waals surface area contributed by atoms with Gasteiger partial charge in [-0.1, -0.05) is 61.9 Å². The third-order valence-electron chi connectivity index (χ3n) is 5.65. The molecule has 0 aliphatic carbocycles. The predicted molar refractivity (Wildman–Crippen MR) is 118 cm³/mol. The second-order valence-corrected chi connectivity index (χ2v) is 8.37. The van der Waals surface area contributed by atoms with Crippen LogP contribution >= 0.6 is 0 Å². The molecule has 0 unspecified atom stereocenters. The van der Waals surface area contributed by atoms with E-state index in [1.165, 1.54) is 16.7 Å². The largest absolute Gasteiger partial charge is 0.491 e. The number of nitrogens with zero attached hydrogens (tertiary/aromatic N) is 1. The van der Waals surface area contributed by atoms with Crippen LogP contribution in [-0.2, 0) is 11.3 Å². The van der Waals surface area contributed by atoms with Gasteiger partial charge in [-0.25, -0.2) is 0 Å². The molecule has 0 radical (unpaired) electrons. The third kappa shape index (κ3) is 6.33. The molecular weight excluding hydrogens is 360 g/mol. The molecule has 156 valence electrons. The summed E-state index contributed by atoms with van der Waals surface area (Å²) in [5, 5.41) is 3.06. The summed E-state index contributed by atoms with van der Waals surface area (Å²) >= 11 is 0. The Balaban J connectivity index is 1.37. The molecule has 4 nitrogen and oxygen atoms in total. The van der Waals surface area contributed by atoms with Crippen molar-refractivity contribution in [3.05, 3.63) is 65.2 Å². The maximum Gasteiger partial charge on any atom is 0.223 e. The van der Waals surface area contributed by atoms with Gasteiger partial charge in [0, 0.05) is 12.5 Å². The number of aryl methyl sites for hydroxylation is 1. The van der Waals surface area contributed by atoms with E-state index >= 15 is 0 Å². The van der Waals surface area contributed by atoms with Gasteiger partial charge in [0.25, 0.3) is 0 Å². The number of benzene rings is 2. The Morgan fingerprint density at radius 1 is 1.14 bits per heavy atom. The Bertz CT molecular complexity index is 795. The van der Waals surface area contributed by atoms with Crippen molar-refractivity contribution in [3.63, 3.8) is 0 Å². The van der Waals surface area contributed by atoms with Crippen molar-refractivity contribution in [2.24, 2.45) is 5.92 Å². The number of nitrogens with one attached hydrogen (secondary N) is 1. The molecule has 3 rings (SSSR count). The number of hydrogen-bond acceptors (Lipinski definition) is 3. The Morgan fingerprint density at radius 3 is 2.62 bits per heavy atom. The van der Waals surface area contributed by atoms with Gasteiger partial charge in [0.05, 0.1) is 6.54 Å². The standard InChI is InChI=1S/C25H34N2O2/c1-19(2)23-9-4-5-10-24(23)29-16-13-26-25(28)22-11-14-27(15-12-22)18-21-8-6-7-20(3)17-21/h4-10,17,19,22H,11-16,18H2,1-3H3,(H,26,28). The van der Waals surface area contributed by atoms with Crippen molar-refractivity contribution in [1.29, 1.82) is 0 Å². The van der Waals surface area contributed by atoms with Gasteiger partial charge in [0.2, 0.25) is 5.91 Å². The van der Waals surface area contributed by atoms with Crippen molar-refractivity contribution >= 4 is 5.91 Å². The molecule has 1 aliphatic heterocycles. The first-order chi connectivity index (χ1) is 14.0. The number of carbonyl (C=O) groups is 1. The lowest BCUT2D eigenvalue weighted by Crippen LogP contribution is -2.41. The van der Waals surface area contributed by atoms with Crippen molar-refractivity contribution < 1.29 is 9.53 Å². The number of likely N-dealkylation sites (tertiary alicyclic amines) is 1. The molecule has 29 heavy (non-hydrogen) atoms. The van der Waals surface area contributed by atoms with Crippen LogP contribution in [0.5, 0.6) is 5.75 Å². The SMILES string of the molecule is Cc1cccc(CN2CCC(C(=O)NCCOc3ccccc3C(C)C)CC2)c1. The smallest absolute Gasteiger partial charge is 0.223 e. The first-order valence-electron chi connectivity index (χ1n) is 10.8. The Labute approximate surface area is 175 Å². The minimum absolute atomic E-state index is 0.117. The quantitative estimate of drug-likeness (QED) is 0.669. The highest BCUT2D eigenvalue weighted by Crippen LogP contribution is 2.25. The van der Waals surface area contributed by atoms with Crippen LogP contribution in [0.4, 0.5) is 0 Å². The van der Waals surface area contributed by atoms with E-state index in [-0.39, 0.29) is 11.8 Å². The van der Waals surface area contributed by atoms with Crippen molar-refractivity contribution in [2.75, 3.05) is 26.2 Å². The monoisotopic (exact) mass is 394 g/mol. The van der Waals surface area contributed by atoms with Gasteiger partial charge in [0.1, 0.15) is 12.4 Å². The predicted octanol–water partition coefficient (Wildman–Crippen LogP) is 4.53.